The van der Waals surface area contributed by atoms with Crippen molar-refractivity contribution in [1.82, 2.24) is 5.32 Å². The molecule has 0 heterocycles. The van der Waals surface area contributed by atoms with Crippen LogP contribution in [0, 0.1) is 0 Å². The zero-order valence-electron chi connectivity index (χ0n) is 15.6. The lowest BCUT2D eigenvalue weighted by Crippen LogP contribution is -2.31. The maximum atomic E-state index is 11.4. The molecule has 1 amide bonds. The molecular formula is C17H33NO4S3. The largest absolute Gasteiger partial charge is 0.379 e. The summed E-state index contributed by atoms with van der Waals surface area (Å²) in [5, 5.41) is 2.78. The van der Waals surface area contributed by atoms with Gasteiger partial charge in [-0.25, -0.2) is 0 Å². The van der Waals surface area contributed by atoms with Gasteiger partial charge in [-0.15, -0.1) is 0 Å². The number of hydrogen-bond donors (Lipinski definition) is 2. The SMILES string of the molecule is C/C=C/CNC(=O)CCOCCOCCOC(CS)(CCC)SSC. The van der Waals surface area contributed by atoms with Crippen molar-refractivity contribution in [1.29, 1.82) is 0 Å². The average molecular weight is 412 g/mol. The lowest BCUT2D eigenvalue weighted by molar-refractivity contribution is -0.122. The van der Waals surface area contributed by atoms with E-state index in [-0.39, 0.29) is 10.8 Å². The van der Waals surface area contributed by atoms with Gasteiger partial charge in [-0.3, -0.25) is 4.79 Å². The van der Waals surface area contributed by atoms with Gasteiger partial charge in [0, 0.05) is 18.7 Å². The van der Waals surface area contributed by atoms with Gasteiger partial charge in [0.15, 0.2) is 0 Å². The standard InChI is InChI=1S/C17H33NO4S3/c1-4-6-9-18-16(19)7-10-20-11-12-21-13-14-22-17(15-23,8-5-2)25-24-3/h4,6,23H,5,7-15H2,1-3H3,(H,18,19)/b6-4+. The van der Waals surface area contributed by atoms with Gasteiger partial charge in [0.05, 0.1) is 33.0 Å². The van der Waals surface area contributed by atoms with Crippen molar-refractivity contribution < 1.29 is 19.0 Å². The highest BCUT2D eigenvalue weighted by Gasteiger charge is 2.29. The molecule has 148 valence electrons. The number of rotatable bonds is 17. The number of amides is 1. The number of carbonyl (C=O) groups is 1. The molecule has 1 N–H and O–H groups in total. The van der Waals surface area contributed by atoms with Crippen molar-refractivity contribution in [2.75, 3.05) is 51.6 Å². The topological polar surface area (TPSA) is 56.8 Å². The molecule has 0 bridgehead atoms. The molecule has 25 heavy (non-hydrogen) atoms. The summed E-state index contributed by atoms with van der Waals surface area (Å²) in [5.41, 5.74) is 0. The number of hydrogen-bond acceptors (Lipinski definition) is 7. The molecule has 0 rings (SSSR count). The summed E-state index contributed by atoms with van der Waals surface area (Å²) in [5.74, 6) is 0.684. The van der Waals surface area contributed by atoms with E-state index in [2.05, 4.69) is 31.1 Å². The Labute approximate surface area is 166 Å². The molecule has 0 fully saturated rings. The Kier molecular flexibility index (Phi) is 17.6. The highest BCUT2D eigenvalue weighted by Crippen LogP contribution is 2.39. The van der Waals surface area contributed by atoms with Gasteiger partial charge in [0.25, 0.3) is 0 Å². The lowest BCUT2D eigenvalue weighted by Gasteiger charge is -2.30. The fourth-order valence-corrected chi connectivity index (χ4v) is 4.94. The summed E-state index contributed by atoms with van der Waals surface area (Å²) in [6.07, 6.45) is 8.26. The van der Waals surface area contributed by atoms with Crippen molar-refractivity contribution in [3.05, 3.63) is 12.2 Å². The fraction of sp³-hybridized carbons (Fsp3) is 0.824. The summed E-state index contributed by atoms with van der Waals surface area (Å²) in [7, 11) is 3.43. The van der Waals surface area contributed by atoms with E-state index in [9.17, 15) is 4.79 Å². The maximum Gasteiger partial charge on any atom is 0.222 e. The highest BCUT2D eigenvalue weighted by molar-refractivity contribution is 8.77. The molecule has 1 unspecified atom stereocenters. The minimum atomic E-state index is -0.239. The van der Waals surface area contributed by atoms with Gasteiger partial charge in [0.2, 0.25) is 5.91 Å². The first-order valence-electron chi connectivity index (χ1n) is 8.64. The van der Waals surface area contributed by atoms with E-state index in [1.165, 1.54) is 0 Å². The zero-order valence-corrected chi connectivity index (χ0v) is 18.1. The molecule has 0 spiro atoms. The third-order valence-corrected chi connectivity index (χ3v) is 6.27. The summed E-state index contributed by atoms with van der Waals surface area (Å²) in [6.45, 7) is 7.10. The average Bonchev–Trinajstić information content (AvgIpc) is 2.60. The Morgan fingerprint density at radius 2 is 1.88 bits per heavy atom. The number of allylic oxidation sites excluding steroid dienone is 1. The van der Waals surface area contributed by atoms with Crippen LogP contribution in [0.2, 0.25) is 0 Å². The quantitative estimate of drug-likeness (QED) is 0.125. The summed E-state index contributed by atoms with van der Waals surface area (Å²) < 4.78 is 16.9. The number of nitrogens with one attached hydrogen (secondary N) is 1. The van der Waals surface area contributed by atoms with Crippen LogP contribution in [0.4, 0.5) is 0 Å². The molecule has 0 aliphatic carbocycles. The number of carbonyl (C=O) groups excluding carboxylic acids is 1. The van der Waals surface area contributed by atoms with Gasteiger partial charge in [-0.05, 0) is 19.6 Å². The van der Waals surface area contributed by atoms with Crippen LogP contribution < -0.4 is 5.32 Å². The molecular weight excluding hydrogens is 378 g/mol. The smallest absolute Gasteiger partial charge is 0.222 e. The Morgan fingerprint density at radius 1 is 1.20 bits per heavy atom. The first kappa shape index (κ1) is 25.1. The van der Waals surface area contributed by atoms with E-state index in [1.807, 2.05) is 19.1 Å². The van der Waals surface area contributed by atoms with Gasteiger partial charge >= 0.3 is 0 Å². The monoisotopic (exact) mass is 411 g/mol. The molecule has 0 aromatic rings. The Morgan fingerprint density at radius 3 is 2.48 bits per heavy atom. The molecule has 0 aliphatic heterocycles. The van der Waals surface area contributed by atoms with Gasteiger partial charge < -0.3 is 19.5 Å². The normalized spacial score (nSPS) is 13.9. The molecule has 0 aromatic heterocycles. The van der Waals surface area contributed by atoms with Crippen LogP contribution >= 0.6 is 34.2 Å². The fourth-order valence-electron chi connectivity index (χ4n) is 1.97. The summed E-state index contributed by atoms with van der Waals surface area (Å²) in [6, 6.07) is 0. The Balaban J connectivity index is 3.61. The maximum absolute atomic E-state index is 11.4. The molecule has 0 aromatic carbocycles. The van der Waals surface area contributed by atoms with Crippen molar-refractivity contribution >= 4 is 40.1 Å². The predicted octanol–water partition coefficient (Wildman–Crippen LogP) is 3.56. The van der Waals surface area contributed by atoms with E-state index >= 15 is 0 Å². The van der Waals surface area contributed by atoms with Crippen LogP contribution in [0.5, 0.6) is 0 Å². The Hall–Kier alpha value is 0.140. The van der Waals surface area contributed by atoms with Crippen LogP contribution in [0.3, 0.4) is 0 Å². The molecule has 0 aliphatic rings. The van der Waals surface area contributed by atoms with Crippen molar-refractivity contribution in [3.63, 3.8) is 0 Å². The predicted molar refractivity (Wildman–Crippen MR) is 113 cm³/mol. The van der Waals surface area contributed by atoms with E-state index in [1.54, 1.807) is 21.6 Å². The van der Waals surface area contributed by atoms with Crippen LogP contribution in [0.1, 0.15) is 33.1 Å². The van der Waals surface area contributed by atoms with Crippen LogP contribution in [0.15, 0.2) is 12.2 Å². The third kappa shape index (κ3) is 13.9. The second-order valence-corrected chi connectivity index (χ2v) is 8.33. The first-order chi connectivity index (χ1) is 12.1. The number of ether oxygens (including phenoxy) is 3. The molecule has 0 radical (unpaired) electrons. The minimum Gasteiger partial charge on any atom is -0.379 e. The summed E-state index contributed by atoms with van der Waals surface area (Å²) >= 11 is 4.44. The van der Waals surface area contributed by atoms with E-state index in [0.717, 1.165) is 12.8 Å². The second-order valence-electron chi connectivity index (χ2n) is 5.27. The number of thiol groups is 1. The lowest BCUT2D eigenvalue weighted by atomic mass is 10.2. The van der Waals surface area contributed by atoms with Crippen LogP contribution in [-0.4, -0.2) is 62.4 Å². The summed E-state index contributed by atoms with van der Waals surface area (Å²) in [4.78, 5) is 11.2. The molecule has 8 heteroatoms. The third-order valence-electron chi connectivity index (χ3n) is 3.20. The first-order valence-corrected chi connectivity index (χ1v) is 11.8. The van der Waals surface area contributed by atoms with Gasteiger partial charge in [-0.1, -0.05) is 47.1 Å². The van der Waals surface area contributed by atoms with Crippen molar-refractivity contribution in [3.8, 4) is 0 Å². The van der Waals surface area contributed by atoms with Crippen molar-refractivity contribution in [2.45, 2.75) is 38.0 Å². The molecule has 5 nitrogen and oxygen atoms in total. The van der Waals surface area contributed by atoms with Crippen LogP contribution in [0.25, 0.3) is 0 Å². The molecule has 1 atom stereocenters. The van der Waals surface area contributed by atoms with E-state index < -0.39 is 0 Å². The van der Waals surface area contributed by atoms with Gasteiger partial charge in [0.1, 0.15) is 4.93 Å². The van der Waals surface area contributed by atoms with E-state index in [4.69, 9.17) is 14.2 Å². The Bertz CT molecular complexity index is 351. The van der Waals surface area contributed by atoms with E-state index in [0.29, 0.717) is 51.8 Å². The highest BCUT2D eigenvalue weighted by atomic mass is 33.1. The van der Waals surface area contributed by atoms with Crippen molar-refractivity contribution in [2.24, 2.45) is 0 Å². The van der Waals surface area contributed by atoms with Gasteiger partial charge in [-0.2, -0.15) is 12.6 Å². The van der Waals surface area contributed by atoms with Crippen LogP contribution in [-0.2, 0) is 19.0 Å². The molecule has 0 saturated heterocycles. The minimum absolute atomic E-state index is 0.00210. The molecule has 0 saturated carbocycles. The second kappa shape index (κ2) is 17.5. The zero-order chi connectivity index (χ0) is 18.8.